The lowest BCUT2D eigenvalue weighted by Gasteiger charge is -2.24. The van der Waals surface area contributed by atoms with Crippen molar-refractivity contribution in [2.75, 3.05) is 38.7 Å². The zero-order valence-electron chi connectivity index (χ0n) is 14.1. The Bertz CT molecular complexity index is 321. The summed E-state index contributed by atoms with van der Waals surface area (Å²) in [4.78, 5) is 7.05. The summed E-state index contributed by atoms with van der Waals surface area (Å²) in [7, 11) is 1.88. The van der Waals surface area contributed by atoms with Gasteiger partial charge in [0.25, 0.3) is 0 Å². The summed E-state index contributed by atoms with van der Waals surface area (Å²) in [6.45, 7) is 3.48. The first kappa shape index (κ1) is 20.4. The lowest BCUT2D eigenvalue weighted by atomic mass is 10.2. The number of hydrogen-bond donors (Lipinski definition) is 2. The standard InChI is InChI=1S/C16H32N4S.HI/c1-17-16(18-10-5-6-12-21-2)19-14-9-11-20(13-14)15-7-3-4-8-15;/h14-15H,3-13H2,1-2H3,(H2,17,18,19);1H. The van der Waals surface area contributed by atoms with Gasteiger partial charge < -0.3 is 10.6 Å². The highest BCUT2D eigenvalue weighted by atomic mass is 127. The molecule has 2 rings (SSSR count). The molecule has 2 aliphatic rings. The molecule has 0 aromatic rings. The van der Waals surface area contributed by atoms with Crippen molar-refractivity contribution in [1.82, 2.24) is 15.5 Å². The second-order valence-electron chi connectivity index (χ2n) is 6.26. The number of nitrogens with one attached hydrogen (secondary N) is 2. The molecule has 0 bridgehead atoms. The topological polar surface area (TPSA) is 39.7 Å². The zero-order chi connectivity index (χ0) is 14.9. The molecule has 0 aromatic heterocycles. The van der Waals surface area contributed by atoms with Crippen molar-refractivity contribution in [3.05, 3.63) is 0 Å². The van der Waals surface area contributed by atoms with E-state index in [9.17, 15) is 0 Å². The zero-order valence-corrected chi connectivity index (χ0v) is 17.3. The van der Waals surface area contributed by atoms with Crippen LogP contribution in [0.25, 0.3) is 0 Å². The van der Waals surface area contributed by atoms with Crippen LogP contribution < -0.4 is 10.6 Å². The predicted octanol–water partition coefficient (Wildman–Crippen LogP) is 2.93. The number of likely N-dealkylation sites (tertiary alicyclic amines) is 1. The first-order valence-electron chi connectivity index (χ1n) is 8.53. The van der Waals surface area contributed by atoms with Crippen LogP contribution in [0.5, 0.6) is 0 Å². The van der Waals surface area contributed by atoms with Crippen LogP contribution in [0, 0.1) is 0 Å². The second-order valence-corrected chi connectivity index (χ2v) is 7.25. The Balaban J connectivity index is 0.00000242. The van der Waals surface area contributed by atoms with Crippen molar-refractivity contribution in [2.45, 2.75) is 57.0 Å². The van der Waals surface area contributed by atoms with Crippen LogP contribution >= 0.6 is 35.7 Å². The molecule has 130 valence electrons. The number of nitrogens with zero attached hydrogens (tertiary/aromatic N) is 2. The van der Waals surface area contributed by atoms with E-state index in [1.54, 1.807) is 0 Å². The molecule has 1 atom stereocenters. The van der Waals surface area contributed by atoms with Crippen molar-refractivity contribution in [3.8, 4) is 0 Å². The maximum absolute atomic E-state index is 4.36. The highest BCUT2D eigenvalue weighted by Gasteiger charge is 2.30. The third-order valence-electron chi connectivity index (χ3n) is 4.69. The maximum Gasteiger partial charge on any atom is 0.191 e. The van der Waals surface area contributed by atoms with E-state index in [0.29, 0.717) is 6.04 Å². The Labute approximate surface area is 157 Å². The van der Waals surface area contributed by atoms with Crippen LogP contribution in [-0.4, -0.2) is 61.6 Å². The minimum absolute atomic E-state index is 0. The minimum atomic E-state index is 0. The van der Waals surface area contributed by atoms with Gasteiger partial charge in [-0.05, 0) is 44.1 Å². The average molecular weight is 440 g/mol. The lowest BCUT2D eigenvalue weighted by molar-refractivity contribution is 0.242. The summed E-state index contributed by atoms with van der Waals surface area (Å²) < 4.78 is 0. The molecule has 2 N–H and O–H groups in total. The number of unbranched alkanes of at least 4 members (excludes halogenated alkanes) is 1. The minimum Gasteiger partial charge on any atom is -0.356 e. The number of rotatable bonds is 7. The van der Waals surface area contributed by atoms with Gasteiger partial charge in [0, 0.05) is 38.8 Å². The van der Waals surface area contributed by atoms with Gasteiger partial charge in [-0.15, -0.1) is 24.0 Å². The molecule has 0 spiro atoms. The number of guanidine groups is 1. The van der Waals surface area contributed by atoms with Gasteiger partial charge >= 0.3 is 0 Å². The summed E-state index contributed by atoms with van der Waals surface area (Å²) in [5.74, 6) is 2.24. The Morgan fingerprint density at radius 2 is 2.00 bits per heavy atom. The maximum atomic E-state index is 4.36. The van der Waals surface area contributed by atoms with Gasteiger partial charge in [0.05, 0.1) is 0 Å². The Morgan fingerprint density at radius 3 is 2.68 bits per heavy atom. The SMILES string of the molecule is CN=C(NCCCCSC)NC1CCN(C2CCCC2)C1.I. The molecule has 1 aliphatic carbocycles. The molecule has 1 aliphatic heterocycles. The first-order valence-corrected chi connectivity index (χ1v) is 9.93. The largest absolute Gasteiger partial charge is 0.356 e. The summed E-state index contributed by atoms with van der Waals surface area (Å²) in [6.07, 6.45) is 11.6. The van der Waals surface area contributed by atoms with Gasteiger partial charge in [0.1, 0.15) is 0 Å². The van der Waals surface area contributed by atoms with E-state index in [4.69, 9.17) is 0 Å². The van der Waals surface area contributed by atoms with Crippen molar-refractivity contribution in [3.63, 3.8) is 0 Å². The van der Waals surface area contributed by atoms with Crippen LogP contribution in [0.15, 0.2) is 4.99 Å². The monoisotopic (exact) mass is 440 g/mol. The molecule has 4 nitrogen and oxygen atoms in total. The summed E-state index contributed by atoms with van der Waals surface area (Å²) in [5, 5.41) is 7.05. The van der Waals surface area contributed by atoms with Crippen molar-refractivity contribution >= 4 is 41.7 Å². The number of thioether (sulfide) groups is 1. The summed E-state index contributed by atoms with van der Waals surface area (Å²) in [5.41, 5.74) is 0. The van der Waals surface area contributed by atoms with E-state index in [0.717, 1.165) is 18.5 Å². The normalized spacial score (nSPS) is 23.5. The van der Waals surface area contributed by atoms with E-state index >= 15 is 0 Å². The highest BCUT2D eigenvalue weighted by molar-refractivity contribution is 14.0. The second kappa shape index (κ2) is 11.8. The van der Waals surface area contributed by atoms with E-state index < -0.39 is 0 Å². The van der Waals surface area contributed by atoms with Crippen LogP contribution in [0.2, 0.25) is 0 Å². The van der Waals surface area contributed by atoms with E-state index in [1.807, 2.05) is 18.8 Å². The Morgan fingerprint density at radius 1 is 1.23 bits per heavy atom. The van der Waals surface area contributed by atoms with Crippen molar-refractivity contribution in [2.24, 2.45) is 4.99 Å². The molecule has 0 amide bonds. The Kier molecular flexibility index (Phi) is 10.9. The highest BCUT2D eigenvalue weighted by Crippen LogP contribution is 2.26. The van der Waals surface area contributed by atoms with Gasteiger partial charge in [-0.25, -0.2) is 0 Å². The van der Waals surface area contributed by atoms with E-state index in [1.165, 1.54) is 63.8 Å². The number of aliphatic imine (C=N–C) groups is 1. The molecule has 1 saturated carbocycles. The smallest absolute Gasteiger partial charge is 0.191 e. The Hall–Kier alpha value is 0.310. The van der Waals surface area contributed by atoms with Crippen LogP contribution in [0.1, 0.15) is 44.9 Å². The molecular formula is C16H33IN4S. The third kappa shape index (κ3) is 6.83. The summed E-state index contributed by atoms with van der Waals surface area (Å²) >= 11 is 1.93. The molecular weight excluding hydrogens is 407 g/mol. The summed E-state index contributed by atoms with van der Waals surface area (Å²) in [6, 6.07) is 1.43. The molecule has 2 fully saturated rings. The fourth-order valence-corrected chi connectivity index (χ4v) is 3.97. The van der Waals surface area contributed by atoms with Gasteiger partial charge in [-0.2, -0.15) is 11.8 Å². The number of halogens is 1. The number of hydrogen-bond acceptors (Lipinski definition) is 3. The molecule has 1 unspecified atom stereocenters. The molecule has 22 heavy (non-hydrogen) atoms. The molecule has 0 radical (unpaired) electrons. The molecule has 1 heterocycles. The predicted molar refractivity (Wildman–Crippen MR) is 110 cm³/mol. The van der Waals surface area contributed by atoms with Crippen LogP contribution in [0.3, 0.4) is 0 Å². The van der Waals surface area contributed by atoms with Crippen LogP contribution in [-0.2, 0) is 0 Å². The lowest BCUT2D eigenvalue weighted by Crippen LogP contribution is -2.45. The van der Waals surface area contributed by atoms with E-state index in [2.05, 4.69) is 26.8 Å². The molecule has 1 saturated heterocycles. The first-order chi connectivity index (χ1) is 10.3. The van der Waals surface area contributed by atoms with Gasteiger partial charge in [-0.1, -0.05) is 12.8 Å². The fraction of sp³-hybridized carbons (Fsp3) is 0.938. The molecule has 6 heteroatoms. The fourth-order valence-electron chi connectivity index (χ4n) is 3.47. The van der Waals surface area contributed by atoms with Gasteiger partial charge in [0.2, 0.25) is 0 Å². The molecule has 0 aromatic carbocycles. The van der Waals surface area contributed by atoms with Gasteiger partial charge in [0.15, 0.2) is 5.96 Å². The van der Waals surface area contributed by atoms with Gasteiger partial charge in [-0.3, -0.25) is 9.89 Å². The average Bonchev–Trinajstić information content (AvgIpc) is 3.16. The third-order valence-corrected chi connectivity index (χ3v) is 5.39. The van der Waals surface area contributed by atoms with Crippen molar-refractivity contribution < 1.29 is 0 Å². The quantitative estimate of drug-likeness (QED) is 0.277. The van der Waals surface area contributed by atoms with Crippen molar-refractivity contribution in [1.29, 1.82) is 0 Å². The van der Waals surface area contributed by atoms with Crippen LogP contribution in [0.4, 0.5) is 0 Å². The van der Waals surface area contributed by atoms with E-state index in [-0.39, 0.29) is 24.0 Å².